The maximum absolute atomic E-state index is 12.7. The van der Waals surface area contributed by atoms with E-state index < -0.39 is 0 Å². The molecule has 5 heterocycles. The SMILES string of the molecule is Cc1noc(C)c1CC(=O)N1CC2(CC(c3noc(-c4ccccn4)n3)N(C)C2)C1. The van der Waals surface area contributed by atoms with E-state index in [0.29, 0.717) is 23.8 Å². The zero-order valence-electron chi connectivity index (χ0n) is 17.3. The van der Waals surface area contributed by atoms with Gasteiger partial charge in [0.1, 0.15) is 11.5 Å². The molecule has 1 atom stereocenters. The van der Waals surface area contributed by atoms with Crippen molar-refractivity contribution in [3.63, 3.8) is 0 Å². The molecule has 0 aliphatic carbocycles. The Bertz CT molecular complexity index is 1050. The molecule has 0 saturated carbocycles. The lowest BCUT2D eigenvalue weighted by Crippen LogP contribution is -2.59. The first kappa shape index (κ1) is 18.9. The lowest BCUT2D eigenvalue weighted by molar-refractivity contribution is -0.141. The number of carbonyl (C=O) groups excluding carboxylic acids is 1. The van der Waals surface area contributed by atoms with Gasteiger partial charge < -0.3 is 13.9 Å². The van der Waals surface area contributed by atoms with Crippen LogP contribution >= 0.6 is 0 Å². The van der Waals surface area contributed by atoms with Crippen LogP contribution in [0.2, 0.25) is 0 Å². The maximum atomic E-state index is 12.7. The van der Waals surface area contributed by atoms with E-state index in [0.717, 1.165) is 43.1 Å². The van der Waals surface area contributed by atoms with Crippen LogP contribution in [-0.4, -0.2) is 62.7 Å². The smallest absolute Gasteiger partial charge is 0.276 e. The topological polar surface area (TPSA) is 101 Å². The molecule has 156 valence electrons. The summed E-state index contributed by atoms with van der Waals surface area (Å²) in [5, 5.41) is 8.15. The number of aryl methyl sites for hydroxylation is 2. The highest BCUT2D eigenvalue weighted by Gasteiger charge is 2.53. The van der Waals surface area contributed by atoms with E-state index in [2.05, 4.69) is 32.2 Å². The first-order chi connectivity index (χ1) is 14.4. The first-order valence-corrected chi connectivity index (χ1v) is 10.1. The van der Waals surface area contributed by atoms with Gasteiger partial charge in [-0.2, -0.15) is 4.98 Å². The third kappa shape index (κ3) is 3.19. The number of aromatic nitrogens is 4. The molecule has 30 heavy (non-hydrogen) atoms. The van der Waals surface area contributed by atoms with E-state index in [-0.39, 0.29) is 17.4 Å². The Kier molecular flexibility index (Phi) is 4.43. The molecule has 0 bridgehead atoms. The van der Waals surface area contributed by atoms with E-state index in [1.807, 2.05) is 36.9 Å². The fourth-order valence-corrected chi connectivity index (χ4v) is 4.71. The highest BCUT2D eigenvalue weighted by molar-refractivity contribution is 5.80. The van der Waals surface area contributed by atoms with Gasteiger partial charge in [0.2, 0.25) is 5.91 Å². The third-order valence-corrected chi connectivity index (χ3v) is 6.28. The van der Waals surface area contributed by atoms with Crippen LogP contribution < -0.4 is 0 Å². The van der Waals surface area contributed by atoms with Crippen molar-refractivity contribution in [2.75, 3.05) is 26.7 Å². The third-order valence-electron chi connectivity index (χ3n) is 6.28. The molecule has 9 nitrogen and oxygen atoms in total. The first-order valence-electron chi connectivity index (χ1n) is 10.1. The molecule has 2 aliphatic heterocycles. The highest BCUT2D eigenvalue weighted by atomic mass is 16.5. The highest BCUT2D eigenvalue weighted by Crippen LogP contribution is 2.47. The molecule has 2 aliphatic rings. The fourth-order valence-electron chi connectivity index (χ4n) is 4.71. The summed E-state index contributed by atoms with van der Waals surface area (Å²) in [6.45, 7) is 6.13. The van der Waals surface area contributed by atoms with Crippen LogP contribution in [-0.2, 0) is 11.2 Å². The fraction of sp³-hybridized carbons (Fsp3) is 0.476. The van der Waals surface area contributed by atoms with Crippen molar-refractivity contribution in [3.05, 3.63) is 47.2 Å². The van der Waals surface area contributed by atoms with Crippen LogP contribution in [0.5, 0.6) is 0 Å². The van der Waals surface area contributed by atoms with Gasteiger partial charge in [-0.25, -0.2) is 0 Å². The summed E-state index contributed by atoms with van der Waals surface area (Å²) in [5.74, 6) is 1.95. The van der Waals surface area contributed by atoms with Gasteiger partial charge in [0.15, 0.2) is 5.82 Å². The van der Waals surface area contributed by atoms with E-state index in [9.17, 15) is 4.79 Å². The van der Waals surface area contributed by atoms with E-state index in [4.69, 9.17) is 9.05 Å². The standard InChI is InChI=1S/C21H24N6O3/c1-13-15(14(2)29-24-13)8-18(28)27-11-21(12-27)9-17(26(3)10-21)19-23-20(30-25-19)16-6-4-5-7-22-16/h4-7,17H,8-12H2,1-3H3. The summed E-state index contributed by atoms with van der Waals surface area (Å²) in [4.78, 5) is 25.8. The van der Waals surface area contributed by atoms with Gasteiger partial charge in [-0.3, -0.25) is 14.7 Å². The van der Waals surface area contributed by atoms with E-state index in [1.165, 1.54) is 0 Å². The minimum atomic E-state index is 0.0750. The van der Waals surface area contributed by atoms with Crippen molar-refractivity contribution in [1.82, 2.24) is 30.1 Å². The van der Waals surface area contributed by atoms with Crippen molar-refractivity contribution in [2.24, 2.45) is 5.41 Å². The summed E-state index contributed by atoms with van der Waals surface area (Å²) >= 11 is 0. The number of carbonyl (C=O) groups is 1. The van der Waals surface area contributed by atoms with Gasteiger partial charge in [0.05, 0.1) is 18.2 Å². The molecule has 1 spiro atoms. The van der Waals surface area contributed by atoms with Crippen LogP contribution in [0.4, 0.5) is 0 Å². The molecule has 0 N–H and O–H groups in total. The quantitative estimate of drug-likeness (QED) is 0.647. The lowest BCUT2D eigenvalue weighted by atomic mass is 9.77. The summed E-state index contributed by atoms with van der Waals surface area (Å²) < 4.78 is 10.6. The van der Waals surface area contributed by atoms with Gasteiger partial charge in [0, 0.05) is 36.8 Å². The Morgan fingerprint density at radius 3 is 2.73 bits per heavy atom. The zero-order valence-corrected chi connectivity index (χ0v) is 17.3. The second-order valence-electron chi connectivity index (χ2n) is 8.54. The number of nitrogens with zero attached hydrogens (tertiary/aromatic N) is 6. The molecule has 1 amide bonds. The Morgan fingerprint density at radius 2 is 2.03 bits per heavy atom. The largest absolute Gasteiger partial charge is 0.361 e. The number of hydrogen-bond donors (Lipinski definition) is 0. The van der Waals surface area contributed by atoms with Crippen molar-refractivity contribution in [3.8, 4) is 11.6 Å². The maximum Gasteiger partial charge on any atom is 0.276 e. The summed E-state index contributed by atoms with van der Waals surface area (Å²) in [6.07, 6.45) is 2.95. The second kappa shape index (κ2) is 7.02. The average Bonchev–Trinajstić information content (AvgIpc) is 3.41. The molecular weight excluding hydrogens is 384 g/mol. The Balaban J connectivity index is 1.24. The number of amides is 1. The predicted octanol–water partition coefficient (Wildman–Crippen LogP) is 2.18. The van der Waals surface area contributed by atoms with Gasteiger partial charge >= 0.3 is 0 Å². The molecule has 1 unspecified atom stereocenters. The normalized spacial score (nSPS) is 20.6. The second-order valence-corrected chi connectivity index (χ2v) is 8.54. The molecular formula is C21H24N6O3. The molecule has 5 rings (SSSR count). The van der Waals surface area contributed by atoms with Crippen LogP contribution in [0, 0.1) is 19.3 Å². The van der Waals surface area contributed by atoms with Gasteiger partial charge in [-0.1, -0.05) is 16.4 Å². The number of likely N-dealkylation sites (tertiary alicyclic amines) is 2. The molecule has 0 aromatic carbocycles. The summed E-state index contributed by atoms with van der Waals surface area (Å²) in [5.41, 5.74) is 2.44. The predicted molar refractivity (Wildman–Crippen MR) is 106 cm³/mol. The monoisotopic (exact) mass is 408 g/mol. The van der Waals surface area contributed by atoms with Crippen LogP contribution in [0.25, 0.3) is 11.6 Å². The van der Waals surface area contributed by atoms with Crippen LogP contribution in [0.3, 0.4) is 0 Å². The van der Waals surface area contributed by atoms with Crippen molar-refractivity contribution in [1.29, 1.82) is 0 Å². The molecule has 2 saturated heterocycles. The molecule has 2 fully saturated rings. The molecule has 0 radical (unpaired) electrons. The van der Waals surface area contributed by atoms with Gasteiger partial charge in [-0.15, -0.1) is 0 Å². The summed E-state index contributed by atoms with van der Waals surface area (Å²) in [7, 11) is 2.07. The zero-order chi connectivity index (χ0) is 20.9. The molecule has 9 heteroatoms. The Labute approximate surface area is 174 Å². The van der Waals surface area contributed by atoms with Crippen molar-refractivity contribution >= 4 is 5.91 Å². The van der Waals surface area contributed by atoms with Gasteiger partial charge in [0.25, 0.3) is 5.89 Å². The Morgan fingerprint density at radius 1 is 1.20 bits per heavy atom. The number of pyridine rings is 1. The Hall–Kier alpha value is -3.07. The van der Waals surface area contributed by atoms with E-state index >= 15 is 0 Å². The van der Waals surface area contributed by atoms with Crippen molar-refractivity contribution < 1.29 is 13.8 Å². The van der Waals surface area contributed by atoms with Crippen LogP contribution in [0.15, 0.2) is 33.4 Å². The van der Waals surface area contributed by atoms with Crippen LogP contribution in [0.1, 0.15) is 35.3 Å². The summed E-state index contributed by atoms with van der Waals surface area (Å²) in [6, 6.07) is 5.67. The van der Waals surface area contributed by atoms with Gasteiger partial charge in [-0.05, 0) is 39.4 Å². The number of rotatable bonds is 4. The van der Waals surface area contributed by atoms with E-state index in [1.54, 1.807) is 6.20 Å². The molecule has 3 aromatic heterocycles. The number of hydrogen-bond acceptors (Lipinski definition) is 8. The minimum absolute atomic E-state index is 0.0750. The minimum Gasteiger partial charge on any atom is -0.361 e. The molecule has 3 aromatic rings. The van der Waals surface area contributed by atoms with Crippen molar-refractivity contribution in [2.45, 2.75) is 32.7 Å². The average molecular weight is 408 g/mol. The lowest BCUT2D eigenvalue weighted by Gasteiger charge is -2.48.